The largest absolute Gasteiger partial charge is 0.476 e. The lowest BCUT2D eigenvalue weighted by molar-refractivity contribution is 0.0691. The van der Waals surface area contributed by atoms with E-state index in [1.54, 1.807) is 10.6 Å². The molecule has 0 saturated carbocycles. The summed E-state index contributed by atoms with van der Waals surface area (Å²) in [6.45, 7) is 2.15. The number of carboxylic acids is 1. The van der Waals surface area contributed by atoms with Gasteiger partial charge in [0.25, 0.3) is 0 Å². The molecular weight excluding hydrogens is 266 g/mol. The number of aromatic carboxylic acids is 1. The van der Waals surface area contributed by atoms with E-state index in [4.69, 9.17) is 5.11 Å². The molecule has 0 aliphatic rings. The SMILES string of the molecule is CCCc1ccc(-c2ccnc3nc(C(=O)O)cn23)cc1. The van der Waals surface area contributed by atoms with Gasteiger partial charge in [-0.15, -0.1) is 0 Å². The number of fused-ring (bicyclic) bond motifs is 1. The second kappa shape index (κ2) is 5.36. The van der Waals surface area contributed by atoms with Crippen molar-refractivity contribution >= 4 is 11.7 Å². The Morgan fingerprint density at radius 3 is 2.67 bits per heavy atom. The Kier molecular flexibility index (Phi) is 3.39. The van der Waals surface area contributed by atoms with E-state index in [0.717, 1.165) is 24.1 Å². The van der Waals surface area contributed by atoms with Crippen LogP contribution >= 0.6 is 0 Å². The summed E-state index contributed by atoms with van der Waals surface area (Å²) in [7, 11) is 0. The molecule has 21 heavy (non-hydrogen) atoms. The molecule has 0 radical (unpaired) electrons. The second-order valence-electron chi connectivity index (χ2n) is 4.88. The number of aromatic nitrogens is 3. The minimum absolute atomic E-state index is 0.00227. The van der Waals surface area contributed by atoms with E-state index in [1.165, 1.54) is 11.8 Å². The second-order valence-corrected chi connectivity index (χ2v) is 4.88. The molecule has 0 spiro atoms. The van der Waals surface area contributed by atoms with Crippen molar-refractivity contribution in [2.45, 2.75) is 19.8 Å². The fourth-order valence-corrected chi connectivity index (χ4v) is 2.36. The normalized spacial score (nSPS) is 10.9. The smallest absolute Gasteiger partial charge is 0.356 e. The van der Waals surface area contributed by atoms with Crippen LogP contribution in [0.3, 0.4) is 0 Å². The van der Waals surface area contributed by atoms with Gasteiger partial charge in [0.15, 0.2) is 5.69 Å². The van der Waals surface area contributed by atoms with Crippen LogP contribution in [0.4, 0.5) is 0 Å². The molecule has 0 unspecified atom stereocenters. The molecule has 1 N–H and O–H groups in total. The first-order valence-electron chi connectivity index (χ1n) is 6.85. The maximum Gasteiger partial charge on any atom is 0.356 e. The fourth-order valence-electron chi connectivity index (χ4n) is 2.36. The lowest BCUT2D eigenvalue weighted by atomic mass is 10.1. The molecule has 0 atom stereocenters. The van der Waals surface area contributed by atoms with E-state index >= 15 is 0 Å². The molecule has 2 aromatic heterocycles. The summed E-state index contributed by atoms with van der Waals surface area (Å²) in [5.74, 6) is -0.660. The maximum atomic E-state index is 11.0. The van der Waals surface area contributed by atoms with Gasteiger partial charge in [0.1, 0.15) is 0 Å². The predicted molar refractivity (Wildman–Crippen MR) is 79.4 cm³/mol. The molecule has 1 aromatic carbocycles. The molecule has 0 aliphatic heterocycles. The zero-order chi connectivity index (χ0) is 14.8. The summed E-state index contributed by atoms with van der Waals surface area (Å²) >= 11 is 0. The van der Waals surface area contributed by atoms with Crippen molar-refractivity contribution in [1.82, 2.24) is 14.4 Å². The van der Waals surface area contributed by atoms with Crippen molar-refractivity contribution in [3.8, 4) is 11.3 Å². The van der Waals surface area contributed by atoms with Gasteiger partial charge in [0.2, 0.25) is 5.78 Å². The van der Waals surface area contributed by atoms with Crippen molar-refractivity contribution in [3.63, 3.8) is 0 Å². The molecule has 0 amide bonds. The van der Waals surface area contributed by atoms with Gasteiger partial charge in [-0.3, -0.25) is 4.40 Å². The first-order chi connectivity index (χ1) is 10.2. The van der Waals surface area contributed by atoms with Crippen LogP contribution in [-0.4, -0.2) is 25.4 Å². The van der Waals surface area contributed by atoms with Gasteiger partial charge in [0, 0.05) is 12.4 Å². The summed E-state index contributed by atoms with van der Waals surface area (Å²) in [5, 5.41) is 9.04. The van der Waals surface area contributed by atoms with Crippen molar-refractivity contribution in [2.24, 2.45) is 0 Å². The minimum atomic E-state index is -1.05. The van der Waals surface area contributed by atoms with Gasteiger partial charge in [-0.05, 0) is 23.6 Å². The number of carbonyl (C=O) groups is 1. The van der Waals surface area contributed by atoms with Gasteiger partial charge in [-0.2, -0.15) is 0 Å². The Hall–Kier alpha value is -2.69. The number of rotatable bonds is 4. The Balaban J connectivity index is 2.08. The van der Waals surface area contributed by atoms with Crippen LogP contribution in [0.2, 0.25) is 0 Å². The summed E-state index contributed by atoms with van der Waals surface area (Å²) in [6.07, 6.45) is 5.31. The number of hydrogen-bond acceptors (Lipinski definition) is 3. The number of benzene rings is 1. The van der Waals surface area contributed by atoms with Crippen molar-refractivity contribution in [1.29, 1.82) is 0 Å². The van der Waals surface area contributed by atoms with Crippen molar-refractivity contribution < 1.29 is 9.90 Å². The molecule has 5 nitrogen and oxygen atoms in total. The molecule has 0 fully saturated rings. The van der Waals surface area contributed by atoms with Gasteiger partial charge in [0.05, 0.1) is 5.69 Å². The Morgan fingerprint density at radius 2 is 2.00 bits per heavy atom. The van der Waals surface area contributed by atoms with Gasteiger partial charge >= 0.3 is 5.97 Å². The van der Waals surface area contributed by atoms with Crippen molar-refractivity contribution in [2.75, 3.05) is 0 Å². The van der Waals surface area contributed by atoms with Crippen molar-refractivity contribution in [3.05, 3.63) is 54.0 Å². The molecular formula is C16H15N3O2. The standard InChI is InChI=1S/C16H15N3O2/c1-2-3-11-4-6-12(7-5-11)14-8-9-17-16-18-13(15(20)21)10-19(14)16/h4-10H,2-3H2,1H3,(H,20,21). The fraction of sp³-hybridized carbons (Fsp3) is 0.188. The maximum absolute atomic E-state index is 11.0. The van der Waals surface area contributed by atoms with E-state index in [0.29, 0.717) is 5.78 Å². The highest BCUT2D eigenvalue weighted by molar-refractivity contribution is 5.86. The summed E-state index contributed by atoms with van der Waals surface area (Å²) in [5.41, 5.74) is 3.18. The molecule has 0 saturated heterocycles. The van der Waals surface area contributed by atoms with Crippen LogP contribution in [0.1, 0.15) is 29.4 Å². The quantitative estimate of drug-likeness (QED) is 0.798. The Bertz CT molecular complexity index is 791. The van der Waals surface area contributed by atoms with E-state index in [1.807, 2.05) is 18.2 Å². The molecule has 3 rings (SSSR count). The highest BCUT2D eigenvalue weighted by Crippen LogP contribution is 2.21. The van der Waals surface area contributed by atoms with Gasteiger partial charge < -0.3 is 5.11 Å². The monoisotopic (exact) mass is 281 g/mol. The summed E-state index contributed by atoms with van der Waals surface area (Å²) < 4.78 is 1.71. The zero-order valence-electron chi connectivity index (χ0n) is 11.7. The average Bonchev–Trinajstić information content (AvgIpc) is 2.93. The number of imidazole rings is 1. The molecule has 3 aromatic rings. The van der Waals surface area contributed by atoms with Crippen LogP contribution in [0.25, 0.3) is 17.0 Å². The molecule has 5 heteroatoms. The number of hydrogen-bond donors (Lipinski definition) is 1. The third-order valence-electron chi connectivity index (χ3n) is 3.38. The van der Waals surface area contributed by atoms with Crippen LogP contribution in [0.5, 0.6) is 0 Å². The number of nitrogens with zero attached hydrogens (tertiary/aromatic N) is 3. The van der Waals surface area contributed by atoms with E-state index in [2.05, 4.69) is 29.0 Å². The third kappa shape index (κ3) is 2.50. The number of carboxylic acid groups (broad SMARTS) is 1. The first kappa shape index (κ1) is 13.3. The minimum Gasteiger partial charge on any atom is -0.476 e. The van der Waals surface area contributed by atoms with Gasteiger partial charge in [-0.1, -0.05) is 37.6 Å². The zero-order valence-corrected chi connectivity index (χ0v) is 11.7. The lowest BCUT2D eigenvalue weighted by Crippen LogP contribution is -1.95. The molecule has 0 aliphatic carbocycles. The van der Waals surface area contributed by atoms with E-state index in [9.17, 15) is 4.79 Å². The molecule has 2 heterocycles. The topological polar surface area (TPSA) is 67.5 Å². The Labute approximate surface area is 121 Å². The average molecular weight is 281 g/mol. The van der Waals surface area contributed by atoms with Gasteiger partial charge in [-0.25, -0.2) is 14.8 Å². The van der Waals surface area contributed by atoms with E-state index < -0.39 is 5.97 Å². The van der Waals surface area contributed by atoms with Crippen LogP contribution in [0.15, 0.2) is 42.7 Å². The highest BCUT2D eigenvalue weighted by Gasteiger charge is 2.12. The predicted octanol–water partition coefficient (Wildman–Crippen LogP) is 3.05. The van der Waals surface area contributed by atoms with E-state index in [-0.39, 0.29) is 5.69 Å². The highest BCUT2D eigenvalue weighted by atomic mass is 16.4. The summed E-state index contributed by atoms with van der Waals surface area (Å²) in [4.78, 5) is 19.1. The number of aryl methyl sites for hydroxylation is 1. The lowest BCUT2D eigenvalue weighted by Gasteiger charge is -2.06. The first-order valence-corrected chi connectivity index (χ1v) is 6.85. The summed E-state index contributed by atoms with van der Waals surface area (Å²) in [6, 6.07) is 10.1. The van der Waals surface area contributed by atoms with Crippen LogP contribution in [-0.2, 0) is 6.42 Å². The van der Waals surface area contributed by atoms with Crippen LogP contribution < -0.4 is 0 Å². The Morgan fingerprint density at radius 1 is 1.24 bits per heavy atom. The molecule has 0 bridgehead atoms. The molecule has 106 valence electrons. The van der Waals surface area contributed by atoms with Crippen LogP contribution in [0, 0.1) is 0 Å². The third-order valence-corrected chi connectivity index (χ3v) is 3.38.